The van der Waals surface area contributed by atoms with Crippen LogP contribution in [0.3, 0.4) is 0 Å². The number of para-hydroxylation sites is 1. The first kappa shape index (κ1) is 14.0. The Balaban J connectivity index is 2.52. The maximum Gasteiger partial charge on any atom is 0.307 e. The van der Waals surface area contributed by atoms with Crippen molar-refractivity contribution in [3.63, 3.8) is 0 Å². The molecular weight excluding hydrogens is 256 g/mol. The van der Waals surface area contributed by atoms with E-state index in [4.69, 9.17) is 9.84 Å². The average molecular weight is 272 g/mol. The summed E-state index contributed by atoms with van der Waals surface area (Å²) in [5, 5.41) is 8.91. The molecule has 0 saturated carbocycles. The first-order valence-corrected chi connectivity index (χ1v) is 6.22. The van der Waals surface area contributed by atoms with E-state index < -0.39 is 5.97 Å². The van der Waals surface area contributed by atoms with Crippen LogP contribution in [-0.2, 0) is 11.2 Å². The second kappa shape index (κ2) is 5.69. The van der Waals surface area contributed by atoms with Crippen molar-refractivity contribution in [2.45, 2.75) is 20.3 Å². The summed E-state index contributed by atoms with van der Waals surface area (Å²) >= 11 is 0. The SMILES string of the molecule is COc1ccccc1-c1nc(C)c(CC(=O)O)c(C)n1. The van der Waals surface area contributed by atoms with E-state index in [2.05, 4.69) is 9.97 Å². The van der Waals surface area contributed by atoms with Gasteiger partial charge in [0, 0.05) is 17.0 Å². The van der Waals surface area contributed by atoms with Crippen LogP contribution in [0.1, 0.15) is 17.0 Å². The Labute approximate surface area is 117 Å². The molecule has 5 nitrogen and oxygen atoms in total. The molecule has 1 aromatic heterocycles. The summed E-state index contributed by atoms with van der Waals surface area (Å²) in [6.07, 6.45) is -0.0656. The van der Waals surface area contributed by atoms with Gasteiger partial charge in [-0.2, -0.15) is 0 Å². The quantitative estimate of drug-likeness (QED) is 0.925. The molecule has 0 aliphatic rings. The predicted octanol–water partition coefficient (Wildman–Crippen LogP) is 2.40. The van der Waals surface area contributed by atoms with Crippen molar-refractivity contribution in [1.29, 1.82) is 0 Å². The Kier molecular flexibility index (Phi) is 3.98. The molecule has 0 radical (unpaired) electrons. The highest BCUT2D eigenvalue weighted by molar-refractivity contribution is 5.71. The van der Waals surface area contributed by atoms with Gasteiger partial charge < -0.3 is 9.84 Å². The molecule has 1 heterocycles. The van der Waals surface area contributed by atoms with Gasteiger partial charge in [-0.15, -0.1) is 0 Å². The van der Waals surface area contributed by atoms with Crippen molar-refractivity contribution in [2.24, 2.45) is 0 Å². The molecular formula is C15H16N2O3. The molecule has 0 spiro atoms. The van der Waals surface area contributed by atoms with Crippen LogP contribution in [0.15, 0.2) is 24.3 Å². The summed E-state index contributed by atoms with van der Waals surface area (Å²) in [7, 11) is 1.59. The third kappa shape index (κ3) is 2.77. The summed E-state index contributed by atoms with van der Waals surface area (Å²) < 4.78 is 5.30. The van der Waals surface area contributed by atoms with Crippen molar-refractivity contribution >= 4 is 5.97 Å². The Bertz CT molecular complexity index is 630. The van der Waals surface area contributed by atoms with Gasteiger partial charge in [0.25, 0.3) is 0 Å². The van der Waals surface area contributed by atoms with Gasteiger partial charge in [0.1, 0.15) is 5.75 Å². The van der Waals surface area contributed by atoms with Crippen LogP contribution < -0.4 is 4.74 Å². The second-order valence-electron chi connectivity index (χ2n) is 4.47. The van der Waals surface area contributed by atoms with Gasteiger partial charge >= 0.3 is 5.97 Å². The highest BCUT2D eigenvalue weighted by Crippen LogP contribution is 2.28. The highest BCUT2D eigenvalue weighted by Gasteiger charge is 2.14. The van der Waals surface area contributed by atoms with Gasteiger partial charge in [-0.25, -0.2) is 9.97 Å². The van der Waals surface area contributed by atoms with Crippen molar-refractivity contribution in [3.8, 4) is 17.1 Å². The summed E-state index contributed by atoms with van der Waals surface area (Å²) in [5.74, 6) is 0.355. The fraction of sp³-hybridized carbons (Fsp3) is 0.267. The molecule has 0 amide bonds. The molecule has 104 valence electrons. The summed E-state index contributed by atoms with van der Waals surface area (Å²) in [6.45, 7) is 3.59. The zero-order valence-corrected chi connectivity index (χ0v) is 11.7. The number of nitrogens with zero attached hydrogens (tertiary/aromatic N) is 2. The number of benzene rings is 1. The van der Waals surface area contributed by atoms with Crippen LogP contribution >= 0.6 is 0 Å². The molecule has 2 rings (SSSR count). The van der Waals surface area contributed by atoms with E-state index in [1.807, 2.05) is 24.3 Å². The summed E-state index contributed by atoms with van der Waals surface area (Å²) in [4.78, 5) is 19.7. The van der Waals surface area contributed by atoms with Crippen molar-refractivity contribution in [3.05, 3.63) is 41.2 Å². The van der Waals surface area contributed by atoms with Crippen molar-refractivity contribution < 1.29 is 14.6 Å². The average Bonchev–Trinajstić information content (AvgIpc) is 2.42. The maximum atomic E-state index is 10.9. The Morgan fingerprint density at radius 2 is 1.80 bits per heavy atom. The topological polar surface area (TPSA) is 72.3 Å². The highest BCUT2D eigenvalue weighted by atomic mass is 16.5. The zero-order chi connectivity index (χ0) is 14.7. The van der Waals surface area contributed by atoms with E-state index in [-0.39, 0.29) is 6.42 Å². The van der Waals surface area contributed by atoms with E-state index in [0.717, 1.165) is 5.56 Å². The third-order valence-corrected chi connectivity index (χ3v) is 3.10. The molecule has 0 unspecified atom stereocenters. The van der Waals surface area contributed by atoms with Gasteiger partial charge in [0.05, 0.1) is 19.1 Å². The van der Waals surface area contributed by atoms with E-state index in [0.29, 0.717) is 28.5 Å². The zero-order valence-electron chi connectivity index (χ0n) is 11.7. The van der Waals surface area contributed by atoms with Crippen molar-refractivity contribution in [1.82, 2.24) is 9.97 Å². The lowest BCUT2D eigenvalue weighted by Crippen LogP contribution is -2.08. The molecule has 5 heteroatoms. The molecule has 0 saturated heterocycles. The van der Waals surface area contributed by atoms with Gasteiger partial charge in [-0.1, -0.05) is 12.1 Å². The number of rotatable bonds is 4. The largest absolute Gasteiger partial charge is 0.496 e. The molecule has 0 bridgehead atoms. The van der Waals surface area contributed by atoms with Gasteiger partial charge in [-0.3, -0.25) is 4.79 Å². The standard InChI is InChI=1S/C15H16N2O3/c1-9-12(8-14(18)19)10(2)17-15(16-9)11-6-4-5-7-13(11)20-3/h4-7H,8H2,1-3H3,(H,18,19). The van der Waals surface area contributed by atoms with E-state index in [9.17, 15) is 4.79 Å². The van der Waals surface area contributed by atoms with Crippen LogP contribution in [0.5, 0.6) is 5.75 Å². The number of methoxy groups -OCH3 is 1. The van der Waals surface area contributed by atoms with Gasteiger partial charge in [0.15, 0.2) is 5.82 Å². The predicted molar refractivity (Wildman–Crippen MR) is 74.8 cm³/mol. The molecule has 0 aliphatic heterocycles. The number of aliphatic carboxylic acids is 1. The second-order valence-corrected chi connectivity index (χ2v) is 4.47. The Morgan fingerprint density at radius 3 is 2.35 bits per heavy atom. The smallest absolute Gasteiger partial charge is 0.307 e. The number of hydrogen-bond acceptors (Lipinski definition) is 4. The number of aryl methyl sites for hydroxylation is 2. The molecule has 20 heavy (non-hydrogen) atoms. The number of hydrogen-bond donors (Lipinski definition) is 1. The van der Waals surface area contributed by atoms with Gasteiger partial charge in [-0.05, 0) is 26.0 Å². The number of aromatic nitrogens is 2. The maximum absolute atomic E-state index is 10.9. The minimum Gasteiger partial charge on any atom is -0.496 e. The number of carboxylic acid groups (broad SMARTS) is 1. The lowest BCUT2D eigenvalue weighted by molar-refractivity contribution is -0.136. The van der Waals surface area contributed by atoms with Crippen LogP contribution in [0, 0.1) is 13.8 Å². The fourth-order valence-electron chi connectivity index (χ4n) is 2.10. The Hall–Kier alpha value is -2.43. The van der Waals surface area contributed by atoms with E-state index in [1.54, 1.807) is 21.0 Å². The first-order valence-electron chi connectivity index (χ1n) is 6.22. The summed E-state index contributed by atoms with van der Waals surface area (Å²) in [5.41, 5.74) is 2.82. The van der Waals surface area contributed by atoms with Crippen LogP contribution in [0.4, 0.5) is 0 Å². The van der Waals surface area contributed by atoms with E-state index in [1.165, 1.54) is 0 Å². The molecule has 2 aromatic rings. The molecule has 0 atom stereocenters. The summed E-state index contributed by atoms with van der Waals surface area (Å²) in [6, 6.07) is 7.48. The van der Waals surface area contributed by atoms with Crippen LogP contribution in [-0.4, -0.2) is 28.2 Å². The molecule has 1 aromatic carbocycles. The van der Waals surface area contributed by atoms with Gasteiger partial charge in [0.2, 0.25) is 0 Å². The monoisotopic (exact) mass is 272 g/mol. The Morgan fingerprint density at radius 1 is 1.20 bits per heavy atom. The lowest BCUT2D eigenvalue weighted by Gasteiger charge is -2.11. The number of carbonyl (C=O) groups is 1. The normalized spacial score (nSPS) is 10.3. The molecule has 0 fully saturated rings. The van der Waals surface area contributed by atoms with Crippen molar-refractivity contribution in [2.75, 3.05) is 7.11 Å². The number of ether oxygens (including phenoxy) is 1. The minimum absolute atomic E-state index is 0.0656. The lowest BCUT2D eigenvalue weighted by atomic mass is 10.1. The first-order chi connectivity index (χ1) is 9.52. The molecule has 0 aliphatic carbocycles. The number of carboxylic acids is 1. The van der Waals surface area contributed by atoms with Crippen LogP contribution in [0.2, 0.25) is 0 Å². The van der Waals surface area contributed by atoms with E-state index >= 15 is 0 Å². The fourth-order valence-corrected chi connectivity index (χ4v) is 2.10. The third-order valence-electron chi connectivity index (χ3n) is 3.10. The minimum atomic E-state index is -0.884. The molecule has 1 N–H and O–H groups in total. The van der Waals surface area contributed by atoms with Crippen LogP contribution in [0.25, 0.3) is 11.4 Å².